The molecule has 0 saturated heterocycles. The molecule has 30 heavy (non-hydrogen) atoms. The Kier molecular flexibility index (Phi) is 6.37. The molecule has 2 rings (SSSR count). The Bertz CT molecular complexity index is 1060. The molecular weight excluding hydrogens is 446 g/mol. The van der Waals surface area contributed by atoms with Crippen molar-refractivity contribution in [2.75, 3.05) is 13.1 Å². The first-order valence-corrected chi connectivity index (χ1v) is 9.91. The molecule has 8 nitrogen and oxygen atoms in total. The van der Waals surface area contributed by atoms with Gasteiger partial charge in [-0.2, -0.15) is 39.1 Å². The van der Waals surface area contributed by atoms with E-state index in [1.807, 2.05) is 0 Å². The van der Waals surface area contributed by atoms with Crippen LogP contribution in [-0.2, 0) is 22.6 Å². The van der Waals surface area contributed by atoms with E-state index in [1.165, 1.54) is 0 Å². The van der Waals surface area contributed by atoms with Gasteiger partial charge < -0.3 is 0 Å². The Morgan fingerprint density at radius 1 is 1.07 bits per heavy atom. The third-order valence-corrected chi connectivity index (χ3v) is 5.83. The van der Waals surface area contributed by atoms with E-state index in [0.29, 0.717) is 4.31 Å². The van der Waals surface area contributed by atoms with Crippen LogP contribution >= 0.6 is 0 Å². The lowest BCUT2D eigenvalue weighted by Crippen LogP contribution is -2.38. The fraction of sp³-hybridized carbons (Fsp3) is 0.533. The summed E-state index contributed by atoms with van der Waals surface area (Å²) in [6.07, 6.45) is -10.2. The van der Waals surface area contributed by atoms with Gasteiger partial charge in [-0.3, -0.25) is 10.1 Å². The molecule has 0 radical (unpaired) electrons. The highest BCUT2D eigenvalue weighted by Crippen LogP contribution is 2.40. The van der Waals surface area contributed by atoms with E-state index in [2.05, 4.69) is 4.98 Å². The highest BCUT2D eigenvalue weighted by molar-refractivity contribution is 7.87. The van der Waals surface area contributed by atoms with Crippen LogP contribution in [0.4, 0.5) is 32.0 Å². The van der Waals surface area contributed by atoms with E-state index in [1.54, 1.807) is 13.8 Å². The van der Waals surface area contributed by atoms with Gasteiger partial charge in [-0.15, -0.1) is 0 Å². The number of fused-ring (bicyclic) bond motifs is 1. The lowest BCUT2D eigenvalue weighted by atomic mass is 10.1. The summed E-state index contributed by atoms with van der Waals surface area (Å²) in [4.78, 5) is 12.9. The van der Waals surface area contributed by atoms with Crippen molar-refractivity contribution in [1.29, 1.82) is 0 Å². The molecule has 0 bridgehead atoms. The summed E-state index contributed by atoms with van der Waals surface area (Å²) in [5.74, 6) is -2.07. The molecule has 1 aromatic carbocycles. The van der Waals surface area contributed by atoms with Crippen LogP contribution in [0.3, 0.4) is 0 Å². The minimum Gasteiger partial charge on any atom is -0.258 e. The van der Waals surface area contributed by atoms with Crippen molar-refractivity contribution >= 4 is 26.9 Å². The number of halogens is 6. The van der Waals surface area contributed by atoms with Crippen molar-refractivity contribution < 1.29 is 39.7 Å². The zero-order chi connectivity index (χ0) is 23.1. The van der Waals surface area contributed by atoms with Gasteiger partial charge in [-0.05, 0) is 18.9 Å². The maximum Gasteiger partial charge on any atom is 0.450 e. The van der Waals surface area contributed by atoms with Gasteiger partial charge in [0, 0.05) is 19.2 Å². The number of rotatable bonds is 7. The lowest BCUT2D eigenvalue weighted by molar-refractivity contribution is -0.383. The summed E-state index contributed by atoms with van der Waals surface area (Å²) < 4.78 is 107. The molecule has 0 amide bonds. The second kappa shape index (κ2) is 8.02. The number of nitro benzene ring substituents is 1. The van der Waals surface area contributed by atoms with Crippen LogP contribution in [-0.4, -0.2) is 39.7 Å². The van der Waals surface area contributed by atoms with E-state index in [4.69, 9.17) is 0 Å². The van der Waals surface area contributed by atoms with Crippen molar-refractivity contribution in [2.24, 2.45) is 0 Å². The molecule has 0 atom stereocenters. The lowest BCUT2D eigenvalue weighted by Gasteiger charge is -2.23. The van der Waals surface area contributed by atoms with E-state index < -0.39 is 59.6 Å². The van der Waals surface area contributed by atoms with Gasteiger partial charge in [0.1, 0.15) is 0 Å². The fourth-order valence-corrected chi connectivity index (χ4v) is 4.62. The Hall–Kier alpha value is -2.42. The third-order valence-electron chi connectivity index (χ3n) is 3.98. The van der Waals surface area contributed by atoms with Crippen LogP contribution in [0.5, 0.6) is 0 Å². The monoisotopic (exact) mass is 462 g/mol. The first kappa shape index (κ1) is 23.9. The SMILES string of the molecule is CCCN(CCC)S(=O)(=O)n1c(C(F)(F)F)nc2c([N+](=O)[O-])cc(C(F)(F)F)cc21. The molecule has 0 aliphatic heterocycles. The van der Waals surface area contributed by atoms with Gasteiger partial charge >= 0.3 is 22.6 Å². The molecule has 0 unspecified atom stereocenters. The highest BCUT2D eigenvalue weighted by Gasteiger charge is 2.44. The number of nitrogens with zero attached hydrogens (tertiary/aromatic N) is 4. The van der Waals surface area contributed by atoms with Crippen LogP contribution < -0.4 is 0 Å². The normalized spacial score (nSPS) is 13.4. The Morgan fingerprint density at radius 2 is 1.60 bits per heavy atom. The fourth-order valence-electron chi connectivity index (χ4n) is 2.81. The topological polar surface area (TPSA) is 98.3 Å². The average Bonchev–Trinajstić information content (AvgIpc) is 3.00. The van der Waals surface area contributed by atoms with Crippen molar-refractivity contribution in [3.8, 4) is 0 Å². The van der Waals surface area contributed by atoms with E-state index >= 15 is 0 Å². The smallest absolute Gasteiger partial charge is 0.258 e. The van der Waals surface area contributed by atoms with Crippen LogP contribution in [0.15, 0.2) is 12.1 Å². The summed E-state index contributed by atoms with van der Waals surface area (Å²) in [5.41, 5.74) is -5.36. The molecule has 1 aromatic heterocycles. The van der Waals surface area contributed by atoms with Gasteiger partial charge in [0.05, 0.1) is 16.0 Å². The number of benzene rings is 1. The predicted octanol–water partition coefficient (Wildman–Crippen LogP) is 4.20. The maximum absolute atomic E-state index is 13.6. The minimum absolute atomic E-state index is 0.0162. The molecule has 15 heteroatoms. The van der Waals surface area contributed by atoms with Crippen LogP contribution in [0, 0.1) is 10.1 Å². The summed E-state index contributed by atoms with van der Waals surface area (Å²) >= 11 is 0. The van der Waals surface area contributed by atoms with Gasteiger partial charge in [0.15, 0.2) is 5.52 Å². The van der Waals surface area contributed by atoms with Gasteiger partial charge in [-0.25, -0.2) is 8.96 Å². The van der Waals surface area contributed by atoms with Crippen molar-refractivity contribution in [3.63, 3.8) is 0 Å². The van der Waals surface area contributed by atoms with Gasteiger partial charge in [-0.1, -0.05) is 13.8 Å². The third kappa shape index (κ3) is 4.35. The summed E-state index contributed by atoms with van der Waals surface area (Å²) in [5, 5.41) is 11.2. The number of non-ortho nitro benzene ring substituents is 1. The number of hydrogen-bond donors (Lipinski definition) is 0. The number of nitro groups is 1. The predicted molar refractivity (Wildman–Crippen MR) is 92.9 cm³/mol. The number of hydrogen-bond acceptors (Lipinski definition) is 5. The van der Waals surface area contributed by atoms with Crippen LogP contribution in [0.1, 0.15) is 38.1 Å². The number of imidazole rings is 1. The van der Waals surface area contributed by atoms with Gasteiger partial charge in [0.25, 0.3) is 5.69 Å². The molecule has 0 aliphatic rings. The Morgan fingerprint density at radius 3 is 2.00 bits per heavy atom. The van der Waals surface area contributed by atoms with Crippen LogP contribution in [0.2, 0.25) is 0 Å². The molecule has 0 fully saturated rings. The van der Waals surface area contributed by atoms with Gasteiger partial charge in [0.2, 0.25) is 5.82 Å². The van der Waals surface area contributed by atoms with Crippen LogP contribution in [0.25, 0.3) is 11.0 Å². The number of aromatic nitrogens is 2. The summed E-state index contributed by atoms with van der Waals surface area (Å²) in [6, 6.07) is 0.125. The second-order valence-electron chi connectivity index (χ2n) is 6.22. The molecule has 2 aromatic rings. The quantitative estimate of drug-likeness (QED) is 0.349. The molecule has 1 heterocycles. The molecule has 168 valence electrons. The molecule has 0 N–H and O–H groups in total. The molecule has 0 aliphatic carbocycles. The summed E-state index contributed by atoms with van der Waals surface area (Å²) in [7, 11) is -5.05. The number of alkyl halides is 6. The average molecular weight is 462 g/mol. The standard InChI is InChI=1S/C15H16F6N4O4S/c1-3-5-23(6-4-2)30(28,29)24-10-7-9(14(16,17)18)8-11(25(26)27)12(10)22-13(24)15(19,20)21/h7-8H,3-6H2,1-2H3. The highest BCUT2D eigenvalue weighted by atomic mass is 32.2. The Balaban J connectivity index is 3.04. The second-order valence-corrected chi connectivity index (χ2v) is 8.00. The maximum atomic E-state index is 13.6. The van der Waals surface area contributed by atoms with Crippen molar-refractivity contribution in [2.45, 2.75) is 39.0 Å². The molecule has 0 saturated carbocycles. The molecular formula is C15H16F6N4O4S. The van der Waals surface area contributed by atoms with E-state index in [9.17, 15) is 44.9 Å². The zero-order valence-corrected chi connectivity index (χ0v) is 16.4. The zero-order valence-electron chi connectivity index (χ0n) is 15.6. The minimum atomic E-state index is -5.41. The molecule has 0 spiro atoms. The largest absolute Gasteiger partial charge is 0.450 e. The Labute approximate surface area is 166 Å². The van der Waals surface area contributed by atoms with E-state index in [-0.39, 0.29) is 38.1 Å². The van der Waals surface area contributed by atoms with E-state index in [0.717, 1.165) is 0 Å². The summed E-state index contributed by atoms with van der Waals surface area (Å²) in [6.45, 7) is 2.69. The van der Waals surface area contributed by atoms with Crippen molar-refractivity contribution in [1.82, 2.24) is 13.3 Å². The first-order valence-electron chi connectivity index (χ1n) is 8.52. The first-order chi connectivity index (χ1) is 13.7. The van der Waals surface area contributed by atoms with Crippen molar-refractivity contribution in [3.05, 3.63) is 33.6 Å².